The van der Waals surface area contributed by atoms with Crippen molar-refractivity contribution in [1.82, 2.24) is 4.90 Å². The first-order valence-electron chi connectivity index (χ1n) is 6.72. The summed E-state index contributed by atoms with van der Waals surface area (Å²) in [5.41, 5.74) is 6.48. The number of amides is 1. The van der Waals surface area contributed by atoms with Gasteiger partial charge in [-0.05, 0) is 44.4 Å². The molecule has 2 rings (SSSR count). The predicted molar refractivity (Wildman–Crippen MR) is 73.1 cm³/mol. The van der Waals surface area contributed by atoms with Crippen LogP contribution in [0.15, 0.2) is 24.3 Å². The van der Waals surface area contributed by atoms with E-state index in [1.165, 1.54) is 12.1 Å². The Morgan fingerprint density at radius 2 is 2.26 bits per heavy atom. The van der Waals surface area contributed by atoms with Crippen LogP contribution in [0.2, 0.25) is 0 Å². The van der Waals surface area contributed by atoms with Gasteiger partial charge in [0.2, 0.25) is 5.91 Å². The number of rotatable bonds is 2. The molecule has 1 aliphatic rings. The lowest BCUT2D eigenvalue weighted by Crippen LogP contribution is -2.61. The fraction of sp³-hybridized carbons (Fsp3) is 0.533. The first kappa shape index (κ1) is 14.0. The normalized spacial score (nSPS) is 22.3. The lowest BCUT2D eigenvalue weighted by atomic mass is 9.85. The minimum Gasteiger partial charge on any atom is -0.336 e. The number of benzene rings is 1. The summed E-state index contributed by atoms with van der Waals surface area (Å²) in [6.45, 7) is 4.73. The Morgan fingerprint density at radius 3 is 2.95 bits per heavy atom. The molecule has 1 amide bonds. The van der Waals surface area contributed by atoms with Crippen molar-refractivity contribution >= 4 is 5.91 Å². The Labute approximate surface area is 113 Å². The van der Waals surface area contributed by atoms with E-state index in [0.717, 1.165) is 19.4 Å². The average Bonchev–Trinajstić information content (AvgIpc) is 2.32. The summed E-state index contributed by atoms with van der Waals surface area (Å²) >= 11 is 0. The van der Waals surface area contributed by atoms with Crippen LogP contribution in [0, 0.1) is 5.82 Å². The van der Waals surface area contributed by atoms with Crippen molar-refractivity contribution in [2.45, 2.75) is 44.7 Å². The molecule has 3 nitrogen and oxygen atoms in total. The number of carbonyl (C=O) groups excluding carboxylic acids is 1. The first-order chi connectivity index (χ1) is 8.91. The second-order valence-corrected chi connectivity index (χ2v) is 5.75. The highest BCUT2D eigenvalue weighted by molar-refractivity contribution is 5.79. The molecule has 1 aromatic rings. The van der Waals surface area contributed by atoms with Crippen molar-refractivity contribution in [3.63, 3.8) is 0 Å². The molecule has 1 fully saturated rings. The molecule has 1 heterocycles. The van der Waals surface area contributed by atoms with Crippen molar-refractivity contribution in [2.75, 3.05) is 6.54 Å². The summed E-state index contributed by atoms with van der Waals surface area (Å²) in [7, 11) is 0. The molecule has 104 valence electrons. The van der Waals surface area contributed by atoms with Gasteiger partial charge in [0.1, 0.15) is 5.82 Å². The summed E-state index contributed by atoms with van der Waals surface area (Å²) in [6.07, 6.45) is 2.10. The summed E-state index contributed by atoms with van der Waals surface area (Å²) in [5, 5.41) is 0. The largest absolute Gasteiger partial charge is 0.336 e. The molecule has 0 aromatic heterocycles. The van der Waals surface area contributed by atoms with Crippen LogP contribution >= 0.6 is 0 Å². The molecule has 1 aromatic carbocycles. The molecule has 0 spiro atoms. The highest BCUT2D eigenvalue weighted by Crippen LogP contribution is 2.27. The lowest BCUT2D eigenvalue weighted by molar-refractivity contribution is -0.138. The Bertz CT molecular complexity index is 473. The van der Waals surface area contributed by atoms with E-state index >= 15 is 0 Å². The van der Waals surface area contributed by atoms with Crippen molar-refractivity contribution in [2.24, 2.45) is 5.73 Å². The van der Waals surface area contributed by atoms with Gasteiger partial charge >= 0.3 is 0 Å². The zero-order valence-corrected chi connectivity index (χ0v) is 11.5. The molecule has 19 heavy (non-hydrogen) atoms. The third-order valence-electron chi connectivity index (χ3n) is 4.05. The van der Waals surface area contributed by atoms with Gasteiger partial charge in [0, 0.05) is 12.6 Å². The molecule has 1 unspecified atom stereocenters. The van der Waals surface area contributed by atoms with Crippen molar-refractivity contribution < 1.29 is 9.18 Å². The van der Waals surface area contributed by atoms with Crippen LogP contribution in [0.1, 0.15) is 32.3 Å². The summed E-state index contributed by atoms with van der Waals surface area (Å²) < 4.78 is 13.1. The number of halogens is 1. The van der Waals surface area contributed by atoms with E-state index in [-0.39, 0.29) is 29.7 Å². The third kappa shape index (κ3) is 2.95. The Morgan fingerprint density at radius 1 is 1.53 bits per heavy atom. The van der Waals surface area contributed by atoms with Crippen molar-refractivity contribution in [3.8, 4) is 0 Å². The van der Waals surface area contributed by atoms with Crippen molar-refractivity contribution in [3.05, 3.63) is 35.6 Å². The molecule has 2 N–H and O–H groups in total. The summed E-state index contributed by atoms with van der Waals surface area (Å²) in [6, 6.07) is 6.20. The zero-order valence-electron chi connectivity index (χ0n) is 11.5. The Hall–Kier alpha value is -1.42. The van der Waals surface area contributed by atoms with E-state index in [9.17, 15) is 9.18 Å². The molecule has 0 radical (unpaired) electrons. The van der Waals surface area contributed by atoms with E-state index in [0.29, 0.717) is 5.56 Å². The van der Waals surface area contributed by atoms with Crippen LogP contribution in [0.3, 0.4) is 0 Å². The fourth-order valence-electron chi connectivity index (χ4n) is 2.67. The van der Waals surface area contributed by atoms with Crippen LogP contribution in [0.5, 0.6) is 0 Å². The van der Waals surface area contributed by atoms with Gasteiger partial charge in [0.15, 0.2) is 0 Å². The van der Waals surface area contributed by atoms with Crippen LogP contribution in [-0.2, 0) is 11.2 Å². The van der Waals surface area contributed by atoms with Gasteiger partial charge < -0.3 is 10.6 Å². The SMILES string of the molecule is CC1(C)C(N)CCCN1C(=O)Cc1cccc(F)c1. The highest BCUT2D eigenvalue weighted by Gasteiger charge is 2.38. The van der Waals surface area contributed by atoms with Crippen LogP contribution in [0.4, 0.5) is 4.39 Å². The monoisotopic (exact) mass is 264 g/mol. The second-order valence-electron chi connectivity index (χ2n) is 5.75. The Balaban J connectivity index is 2.11. The van der Waals surface area contributed by atoms with Gasteiger partial charge in [-0.15, -0.1) is 0 Å². The summed E-state index contributed by atoms with van der Waals surface area (Å²) in [5.74, 6) is -0.286. The fourth-order valence-corrected chi connectivity index (χ4v) is 2.67. The zero-order chi connectivity index (χ0) is 14.0. The predicted octanol–water partition coefficient (Wildman–Crippen LogP) is 2.10. The standard InChI is InChI=1S/C15H21FN2O/c1-15(2)13(17)7-4-8-18(15)14(19)10-11-5-3-6-12(16)9-11/h3,5-6,9,13H,4,7-8,10,17H2,1-2H3. The van der Waals surface area contributed by atoms with Gasteiger partial charge in [-0.25, -0.2) is 4.39 Å². The molecule has 1 aliphatic heterocycles. The molecular formula is C15H21FN2O. The highest BCUT2D eigenvalue weighted by atomic mass is 19.1. The molecule has 4 heteroatoms. The lowest BCUT2D eigenvalue weighted by Gasteiger charge is -2.46. The van der Waals surface area contributed by atoms with Crippen LogP contribution in [-0.4, -0.2) is 28.9 Å². The molecule has 1 atom stereocenters. The van der Waals surface area contributed by atoms with Gasteiger partial charge in [-0.3, -0.25) is 4.79 Å². The number of nitrogens with zero attached hydrogens (tertiary/aromatic N) is 1. The molecule has 0 saturated carbocycles. The van der Waals surface area contributed by atoms with Gasteiger partial charge in [0.25, 0.3) is 0 Å². The van der Waals surface area contributed by atoms with E-state index in [4.69, 9.17) is 5.73 Å². The minimum atomic E-state index is -0.331. The third-order valence-corrected chi connectivity index (χ3v) is 4.05. The summed E-state index contributed by atoms with van der Waals surface area (Å²) in [4.78, 5) is 14.2. The number of nitrogens with two attached hydrogens (primary N) is 1. The number of hydrogen-bond acceptors (Lipinski definition) is 2. The van der Waals surface area contributed by atoms with Gasteiger partial charge in [-0.1, -0.05) is 12.1 Å². The maximum Gasteiger partial charge on any atom is 0.227 e. The molecular weight excluding hydrogens is 243 g/mol. The smallest absolute Gasteiger partial charge is 0.227 e. The molecule has 0 bridgehead atoms. The Kier molecular flexibility index (Phi) is 3.90. The molecule has 1 saturated heterocycles. The topological polar surface area (TPSA) is 46.3 Å². The van der Waals surface area contributed by atoms with Gasteiger partial charge in [0.05, 0.1) is 12.0 Å². The van der Waals surface area contributed by atoms with Crippen LogP contribution < -0.4 is 5.73 Å². The molecule has 0 aliphatic carbocycles. The maximum absolute atomic E-state index is 13.1. The maximum atomic E-state index is 13.1. The average molecular weight is 264 g/mol. The van der Waals surface area contributed by atoms with E-state index in [1.54, 1.807) is 12.1 Å². The van der Waals surface area contributed by atoms with Crippen molar-refractivity contribution in [1.29, 1.82) is 0 Å². The first-order valence-corrected chi connectivity index (χ1v) is 6.72. The van der Waals surface area contributed by atoms with Gasteiger partial charge in [-0.2, -0.15) is 0 Å². The number of hydrogen-bond donors (Lipinski definition) is 1. The van der Waals surface area contributed by atoms with Crippen LogP contribution in [0.25, 0.3) is 0 Å². The van der Waals surface area contributed by atoms with E-state index in [2.05, 4.69) is 0 Å². The second kappa shape index (κ2) is 5.29. The number of likely N-dealkylation sites (tertiary alicyclic amines) is 1. The van der Waals surface area contributed by atoms with E-state index in [1.807, 2.05) is 18.7 Å². The quantitative estimate of drug-likeness (QED) is 0.889. The number of piperidine rings is 1. The minimum absolute atomic E-state index is 0.00212. The number of carbonyl (C=O) groups is 1. The van der Waals surface area contributed by atoms with E-state index < -0.39 is 0 Å².